The zero-order chi connectivity index (χ0) is 21.9. The third-order valence-corrected chi connectivity index (χ3v) is 4.47. The summed E-state index contributed by atoms with van der Waals surface area (Å²) in [4.78, 5) is 24.3. The van der Waals surface area contributed by atoms with Crippen LogP contribution in [0.2, 0.25) is 0 Å². The molecule has 0 unspecified atom stereocenters. The number of aryl methyl sites for hydroxylation is 1. The van der Waals surface area contributed by atoms with E-state index >= 15 is 0 Å². The van der Waals surface area contributed by atoms with Crippen LogP contribution in [0.1, 0.15) is 22.3 Å². The molecule has 2 amide bonds. The van der Waals surface area contributed by atoms with E-state index < -0.39 is 0 Å². The van der Waals surface area contributed by atoms with Crippen molar-refractivity contribution in [2.24, 2.45) is 0 Å². The smallest absolute Gasteiger partial charge is 0.251 e. The zero-order valence-corrected chi connectivity index (χ0v) is 17.7. The molecular formula is C22H28N2O6. The number of hydrogen-bond acceptors (Lipinski definition) is 6. The molecule has 0 aromatic heterocycles. The van der Waals surface area contributed by atoms with E-state index in [-0.39, 0.29) is 11.8 Å². The lowest BCUT2D eigenvalue weighted by Crippen LogP contribution is -2.34. The summed E-state index contributed by atoms with van der Waals surface area (Å²) in [5, 5.41) is 5.56. The molecule has 0 saturated carbocycles. The minimum absolute atomic E-state index is 0.0925. The fourth-order valence-electron chi connectivity index (χ4n) is 2.84. The highest BCUT2D eigenvalue weighted by molar-refractivity contribution is 5.94. The molecule has 8 heteroatoms. The van der Waals surface area contributed by atoms with Crippen molar-refractivity contribution in [3.63, 3.8) is 0 Å². The number of carbonyl (C=O) groups is 2. The van der Waals surface area contributed by atoms with Crippen LogP contribution in [0.5, 0.6) is 23.0 Å². The zero-order valence-electron chi connectivity index (χ0n) is 17.7. The molecule has 2 rings (SSSR count). The third-order valence-electron chi connectivity index (χ3n) is 4.47. The van der Waals surface area contributed by atoms with Crippen LogP contribution >= 0.6 is 0 Å². The van der Waals surface area contributed by atoms with Crippen LogP contribution < -0.4 is 29.6 Å². The van der Waals surface area contributed by atoms with Crippen LogP contribution in [-0.4, -0.2) is 53.3 Å². The number of nitrogens with one attached hydrogen (secondary N) is 2. The van der Waals surface area contributed by atoms with E-state index in [9.17, 15) is 9.59 Å². The van der Waals surface area contributed by atoms with E-state index in [4.69, 9.17) is 18.9 Å². The number of hydrogen-bond donors (Lipinski definition) is 2. The minimum Gasteiger partial charge on any atom is -0.493 e. The lowest BCUT2D eigenvalue weighted by Gasteiger charge is -2.11. The van der Waals surface area contributed by atoms with Gasteiger partial charge in [0.25, 0.3) is 5.91 Å². The largest absolute Gasteiger partial charge is 0.493 e. The van der Waals surface area contributed by atoms with Gasteiger partial charge >= 0.3 is 0 Å². The average molecular weight is 416 g/mol. The SMILES string of the molecule is COc1ccc(CCC(=O)NCCNC(=O)c2ccc(OC)c(OC)c2)cc1OC. The van der Waals surface area contributed by atoms with Gasteiger partial charge in [0.2, 0.25) is 5.91 Å². The number of rotatable bonds is 11. The van der Waals surface area contributed by atoms with Crippen molar-refractivity contribution in [3.8, 4) is 23.0 Å². The maximum atomic E-state index is 12.2. The Kier molecular flexibility index (Phi) is 8.80. The summed E-state index contributed by atoms with van der Waals surface area (Å²) in [6.45, 7) is 0.652. The fourth-order valence-corrected chi connectivity index (χ4v) is 2.84. The maximum absolute atomic E-state index is 12.2. The number of ether oxygens (including phenoxy) is 4. The van der Waals surface area contributed by atoms with Gasteiger partial charge in [-0.3, -0.25) is 9.59 Å². The maximum Gasteiger partial charge on any atom is 0.251 e. The second-order valence-electron chi connectivity index (χ2n) is 6.36. The summed E-state index contributed by atoms with van der Waals surface area (Å²) in [5.41, 5.74) is 1.43. The quantitative estimate of drug-likeness (QED) is 0.546. The van der Waals surface area contributed by atoms with Gasteiger partial charge in [-0.15, -0.1) is 0 Å². The van der Waals surface area contributed by atoms with E-state index in [1.165, 1.54) is 14.2 Å². The van der Waals surface area contributed by atoms with Crippen LogP contribution in [0.4, 0.5) is 0 Å². The summed E-state index contributed by atoms with van der Waals surface area (Å²) in [6, 6.07) is 10.5. The fraction of sp³-hybridized carbons (Fsp3) is 0.364. The van der Waals surface area contributed by atoms with Crippen molar-refractivity contribution in [2.75, 3.05) is 41.5 Å². The highest BCUT2D eigenvalue weighted by atomic mass is 16.5. The van der Waals surface area contributed by atoms with Crippen LogP contribution in [0, 0.1) is 0 Å². The van der Waals surface area contributed by atoms with Gasteiger partial charge in [-0.2, -0.15) is 0 Å². The number of benzene rings is 2. The van der Waals surface area contributed by atoms with Gasteiger partial charge in [0, 0.05) is 25.1 Å². The molecule has 0 bridgehead atoms. The van der Waals surface area contributed by atoms with Crippen LogP contribution in [0.25, 0.3) is 0 Å². The average Bonchev–Trinajstić information content (AvgIpc) is 2.79. The molecule has 8 nitrogen and oxygen atoms in total. The summed E-state index contributed by atoms with van der Waals surface area (Å²) in [7, 11) is 6.20. The molecule has 162 valence electrons. The second kappa shape index (κ2) is 11.5. The van der Waals surface area contributed by atoms with Gasteiger partial charge in [0.15, 0.2) is 23.0 Å². The third kappa shape index (κ3) is 6.30. The number of methoxy groups -OCH3 is 4. The van der Waals surface area contributed by atoms with E-state index in [1.54, 1.807) is 32.4 Å². The van der Waals surface area contributed by atoms with Crippen molar-refractivity contribution >= 4 is 11.8 Å². The lowest BCUT2D eigenvalue weighted by atomic mass is 10.1. The Bertz CT molecular complexity index is 869. The van der Waals surface area contributed by atoms with Gasteiger partial charge in [-0.1, -0.05) is 6.07 Å². The van der Waals surface area contributed by atoms with Crippen molar-refractivity contribution in [1.29, 1.82) is 0 Å². The molecular weight excluding hydrogens is 388 g/mol. The lowest BCUT2D eigenvalue weighted by molar-refractivity contribution is -0.121. The number of carbonyl (C=O) groups excluding carboxylic acids is 2. The molecule has 2 aromatic rings. The molecule has 0 radical (unpaired) electrons. The Morgan fingerprint density at radius 1 is 0.733 bits per heavy atom. The molecule has 0 spiro atoms. The normalized spacial score (nSPS) is 10.1. The molecule has 0 aliphatic rings. The predicted molar refractivity (Wildman–Crippen MR) is 113 cm³/mol. The van der Waals surface area contributed by atoms with Gasteiger partial charge in [-0.05, 0) is 42.3 Å². The summed E-state index contributed by atoms with van der Waals surface area (Å²) >= 11 is 0. The molecule has 0 atom stereocenters. The van der Waals surface area contributed by atoms with Crippen LogP contribution in [0.3, 0.4) is 0 Å². The first-order chi connectivity index (χ1) is 14.5. The summed E-state index contributed by atoms with van der Waals surface area (Å²) in [6.07, 6.45) is 0.906. The highest BCUT2D eigenvalue weighted by Gasteiger charge is 2.11. The first kappa shape index (κ1) is 22.9. The minimum atomic E-state index is -0.254. The highest BCUT2D eigenvalue weighted by Crippen LogP contribution is 2.28. The van der Waals surface area contributed by atoms with E-state index in [0.717, 1.165) is 5.56 Å². The van der Waals surface area contributed by atoms with E-state index in [0.29, 0.717) is 54.5 Å². The molecule has 0 heterocycles. The Hall–Kier alpha value is -3.42. The topological polar surface area (TPSA) is 95.1 Å². The standard InChI is InChI=1S/C22H28N2O6/c1-27-17-8-5-15(13-19(17)29-3)6-10-21(25)23-11-12-24-22(26)16-7-9-18(28-2)20(14-16)30-4/h5,7-9,13-14H,6,10-12H2,1-4H3,(H,23,25)(H,24,26). The Labute approximate surface area is 176 Å². The van der Waals surface area contributed by atoms with Crippen molar-refractivity contribution in [2.45, 2.75) is 12.8 Å². The molecule has 30 heavy (non-hydrogen) atoms. The molecule has 0 aliphatic heterocycles. The summed E-state index contributed by atoms with van der Waals surface area (Å²) < 4.78 is 20.8. The molecule has 2 N–H and O–H groups in total. The van der Waals surface area contributed by atoms with Crippen LogP contribution in [0.15, 0.2) is 36.4 Å². The predicted octanol–water partition coefficient (Wildman–Crippen LogP) is 2.20. The van der Waals surface area contributed by atoms with E-state index in [2.05, 4.69) is 10.6 Å². The Morgan fingerprint density at radius 3 is 1.93 bits per heavy atom. The van der Waals surface area contributed by atoms with Crippen molar-refractivity contribution in [1.82, 2.24) is 10.6 Å². The first-order valence-corrected chi connectivity index (χ1v) is 9.50. The van der Waals surface area contributed by atoms with Crippen molar-refractivity contribution < 1.29 is 28.5 Å². The molecule has 0 aliphatic carbocycles. The summed E-state index contributed by atoms with van der Waals surface area (Å²) in [5.74, 6) is 1.97. The van der Waals surface area contributed by atoms with Gasteiger partial charge in [-0.25, -0.2) is 0 Å². The molecule has 0 fully saturated rings. The van der Waals surface area contributed by atoms with Gasteiger partial charge < -0.3 is 29.6 Å². The first-order valence-electron chi connectivity index (χ1n) is 9.50. The van der Waals surface area contributed by atoms with Crippen LogP contribution in [-0.2, 0) is 11.2 Å². The Morgan fingerprint density at radius 2 is 1.30 bits per heavy atom. The molecule has 0 saturated heterocycles. The van der Waals surface area contributed by atoms with Gasteiger partial charge in [0.1, 0.15) is 0 Å². The van der Waals surface area contributed by atoms with Gasteiger partial charge in [0.05, 0.1) is 28.4 Å². The van der Waals surface area contributed by atoms with E-state index in [1.807, 2.05) is 18.2 Å². The molecule has 2 aromatic carbocycles. The Balaban J connectivity index is 1.74. The van der Waals surface area contributed by atoms with Crippen molar-refractivity contribution in [3.05, 3.63) is 47.5 Å². The second-order valence-corrected chi connectivity index (χ2v) is 6.36. The monoisotopic (exact) mass is 416 g/mol. The number of amides is 2.